The highest BCUT2D eigenvalue weighted by molar-refractivity contribution is 9.13. The van der Waals surface area contributed by atoms with E-state index in [2.05, 4.69) is 36.6 Å². The van der Waals surface area contributed by atoms with Crippen molar-refractivity contribution in [3.8, 4) is 5.75 Å². The molecule has 0 fully saturated rings. The molecule has 0 unspecified atom stereocenters. The molecule has 4 nitrogen and oxygen atoms in total. The van der Waals surface area contributed by atoms with Crippen molar-refractivity contribution in [3.63, 3.8) is 0 Å². The number of para-hydroxylation sites is 1. The molecule has 20 heavy (non-hydrogen) atoms. The van der Waals surface area contributed by atoms with Crippen molar-refractivity contribution < 1.29 is 13.2 Å². The van der Waals surface area contributed by atoms with Gasteiger partial charge in [-0.3, -0.25) is 4.72 Å². The second kappa shape index (κ2) is 6.15. The molecule has 0 saturated carbocycles. The summed E-state index contributed by atoms with van der Waals surface area (Å²) >= 11 is 6.66. The summed E-state index contributed by atoms with van der Waals surface area (Å²) < 4.78 is 33.9. The third-order valence-corrected chi connectivity index (χ3v) is 5.83. The number of methoxy groups -OCH3 is 1. The van der Waals surface area contributed by atoms with Gasteiger partial charge in [0.1, 0.15) is 10.6 Å². The Morgan fingerprint density at radius 2 is 1.75 bits per heavy atom. The van der Waals surface area contributed by atoms with Crippen molar-refractivity contribution in [2.75, 3.05) is 11.8 Å². The van der Waals surface area contributed by atoms with E-state index in [1.54, 1.807) is 36.4 Å². The fourth-order valence-corrected chi connectivity index (χ4v) is 3.46. The first-order valence-corrected chi connectivity index (χ1v) is 8.62. The summed E-state index contributed by atoms with van der Waals surface area (Å²) in [6.45, 7) is 0. The Morgan fingerprint density at radius 1 is 1.05 bits per heavy atom. The Kier molecular flexibility index (Phi) is 4.72. The normalized spacial score (nSPS) is 11.2. The maximum absolute atomic E-state index is 12.4. The number of benzene rings is 2. The monoisotopic (exact) mass is 419 g/mol. The zero-order valence-electron chi connectivity index (χ0n) is 10.4. The lowest BCUT2D eigenvalue weighted by molar-refractivity contribution is 0.403. The molecule has 0 radical (unpaired) electrons. The molecule has 0 aliphatic heterocycles. The third-order valence-electron chi connectivity index (χ3n) is 2.53. The molecule has 0 atom stereocenters. The molecule has 7 heteroatoms. The van der Waals surface area contributed by atoms with Gasteiger partial charge in [-0.1, -0.05) is 12.1 Å². The summed E-state index contributed by atoms with van der Waals surface area (Å²) in [5, 5.41) is 0. The van der Waals surface area contributed by atoms with Gasteiger partial charge in [0, 0.05) is 8.95 Å². The Morgan fingerprint density at radius 3 is 2.40 bits per heavy atom. The summed E-state index contributed by atoms with van der Waals surface area (Å²) in [5.41, 5.74) is 0.464. The van der Waals surface area contributed by atoms with Gasteiger partial charge in [0.05, 0.1) is 12.8 Å². The molecule has 0 aliphatic rings. The Hall–Kier alpha value is -1.05. The largest absolute Gasteiger partial charge is 0.495 e. The van der Waals surface area contributed by atoms with E-state index in [4.69, 9.17) is 4.74 Å². The van der Waals surface area contributed by atoms with Crippen molar-refractivity contribution in [2.45, 2.75) is 4.90 Å². The van der Waals surface area contributed by atoms with Crippen LogP contribution in [0.3, 0.4) is 0 Å². The van der Waals surface area contributed by atoms with Crippen LogP contribution in [0, 0.1) is 0 Å². The van der Waals surface area contributed by atoms with Crippen molar-refractivity contribution in [3.05, 3.63) is 51.4 Å². The van der Waals surface area contributed by atoms with E-state index in [1.165, 1.54) is 13.2 Å². The minimum Gasteiger partial charge on any atom is -0.495 e. The first kappa shape index (κ1) is 15.3. The summed E-state index contributed by atoms with van der Waals surface area (Å²) in [6, 6.07) is 11.6. The molecule has 2 aromatic rings. The minimum absolute atomic E-state index is 0.0986. The third kappa shape index (κ3) is 3.34. The summed E-state index contributed by atoms with van der Waals surface area (Å²) in [6.07, 6.45) is 0. The lowest BCUT2D eigenvalue weighted by Gasteiger charge is -2.11. The second-order valence-corrected chi connectivity index (χ2v) is 7.24. The fourth-order valence-electron chi connectivity index (χ4n) is 1.61. The Balaban J connectivity index is 2.38. The lowest BCUT2D eigenvalue weighted by Crippen LogP contribution is -2.14. The topological polar surface area (TPSA) is 55.4 Å². The van der Waals surface area contributed by atoms with Gasteiger partial charge in [-0.25, -0.2) is 8.42 Å². The molecule has 106 valence electrons. The number of halogens is 2. The molecule has 0 aliphatic carbocycles. The van der Waals surface area contributed by atoms with Crippen molar-refractivity contribution in [2.24, 2.45) is 0 Å². The van der Waals surface area contributed by atoms with Gasteiger partial charge < -0.3 is 4.74 Å². The van der Waals surface area contributed by atoms with Crippen LogP contribution in [0.2, 0.25) is 0 Å². The van der Waals surface area contributed by atoms with Crippen LogP contribution in [0.4, 0.5) is 5.69 Å². The van der Waals surface area contributed by atoms with E-state index < -0.39 is 10.0 Å². The number of hydrogen-bond donors (Lipinski definition) is 1. The van der Waals surface area contributed by atoms with Crippen molar-refractivity contribution in [1.82, 2.24) is 0 Å². The number of nitrogens with one attached hydrogen (secondary N) is 1. The first-order chi connectivity index (χ1) is 9.44. The molecule has 0 aromatic heterocycles. The van der Waals surface area contributed by atoms with Crippen LogP contribution in [0.1, 0.15) is 0 Å². The second-order valence-electron chi connectivity index (χ2n) is 3.89. The highest BCUT2D eigenvalue weighted by atomic mass is 79.9. The molecule has 0 saturated heterocycles. The average Bonchev–Trinajstić information content (AvgIpc) is 2.42. The van der Waals surface area contributed by atoms with Gasteiger partial charge in [-0.15, -0.1) is 0 Å². The number of hydrogen-bond acceptors (Lipinski definition) is 3. The lowest BCUT2D eigenvalue weighted by atomic mass is 10.3. The van der Waals surface area contributed by atoms with Crippen LogP contribution in [-0.4, -0.2) is 15.5 Å². The Labute approximate surface area is 134 Å². The van der Waals surface area contributed by atoms with E-state index in [1.807, 2.05) is 0 Å². The van der Waals surface area contributed by atoms with Gasteiger partial charge >= 0.3 is 0 Å². The van der Waals surface area contributed by atoms with Gasteiger partial charge in [0.25, 0.3) is 10.0 Å². The number of sulfonamides is 1. The summed E-state index contributed by atoms with van der Waals surface area (Å²) in [4.78, 5) is 0.0986. The molecule has 0 heterocycles. The molecular formula is C13H11Br2NO3S. The van der Waals surface area contributed by atoms with Crippen LogP contribution in [0.25, 0.3) is 0 Å². The van der Waals surface area contributed by atoms with E-state index in [-0.39, 0.29) is 4.90 Å². The van der Waals surface area contributed by atoms with Gasteiger partial charge in [-0.05, 0) is 62.2 Å². The van der Waals surface area contributed by atoms with Gasteiger partial charge in [0.15, 0.2) is 0 Å². The highest BCUT2D eigenvalue weighted by Gasteiger charge is 2.19. The molecule has 0 spiro atoms. The van der Waals surface area contributed by atoms with E-state index in [0.717, 1.165) is 8.95 Å². The molecule has 0 bridgehead atoms. The van der Waals surface area contributed by atoms with Crippen LogP contribution >= 0.6 is 31.9 Å². The molecule has 1 N–H and O–H groups in total. The van der Waals surface area contributed by atoms with E-state index in [9.17, 15) is 8.42 Å². The predicted molar refractivity (Wildman–Crippen MR) is 85.6 cm³/mol. The molecule has 2 aromatic carbocycles. The zero-order valence-corrected chi connectivity index (χ0v) is 14.4. The number of anilines is 1. The number of ether oxygens (including phenoxy) is 1. The molecular weight excluding hydrogens is 410 g/mol. The summed E-state index contributed by atoms with van der Waals surface area (Å²) in [5.74, 6) is 0.302. The van der Waals surface area contributed by atoms with Crippen molar-refractivity contribution >= 4 is 47.6 Å². The predicted octanol–water partition coefficient (Wildman–Crippen LogP) is 4.02. The average molecular weight is 421 g/mol. The SMILES string of the molecule is COc1ccccc1S(=O)(=O)Nc1ccc(Br)c(Br)c1. The minimum atomic E-state index is -3.70. The first-order valence-electron chi connectivity index (χ1n) is 5.55. The van der Waals surface area contributed by atoms with Crippen LogP contribution in [0.15, 0.2) is 56.3 Å². The quantitative estimate of drug-likeness (QED) is 0.812. The van der Waals surface area contributed by atoms with E-state index in [0.29, 0.717) is 11.4 Å². The fraction of sp³-hybridized carbons (Fsp3) is 0.0769. The van der Waals surface area contributed by atoms with Gasteiger partial charge in [-0.2, -0.15) is 0 Å². The standard InChI is InChI=1S/C13H11Br2NO3S/c1-19-12-4-2-3-5-13(12)20(17,18)16-9-6-7-10(14)11(15)8-9/h2-8,16H,1H3. The molecule has 0 amide bonds. The Bertz CT molecular complexity index is 732. The van der Waals surface area contributed by atoms with Crippen LogP contribution in [-0.2, 0) is 10.0 Å². The number of rotatable bonds is 4. The smallest absolute Gasteiger partial charge is 0.265 e. The van der Waals surface area contributed by atoms with Gasteiger partial charge in [0.2, 0.25) is 0 Å². The maximum Gasteiger partial charge on any atom is 0.265 e. The highest BCUT2D eigenvalue weighted by Crippen LogP contribution is 2.29. The van der Waals surface area contributed by atoms with Crippen molar-refractivity contribution in [1.29, 1.82) is 0 Å². The van der Waals surface area contributed by atoms with E-state index >= 15 is 0 Å². The molecule has 2 rings (SSSR count). The summed E-state index contributed by atoms with van der Waals surface area (Å²) in [7, 11) is -2.26. The van der Waals surface area contributed by atoms with Crippen LogP contribution < -0.4 is 9.46 Å². The zero-order chi connectivity index (χ0) is 14.8. The maximum atomic E-state index is 12.4. The van der Waals surface area contributed by atoms with Crippen LogP contribution in [0.5, 0.6) is 5.75 Å².